The number of aromatic hydroxyl groups is 1. The zero-order valence-electron chi connectivity index (χ0n) is 77.0. The Morgan fingerprint density at radius 1 is 0.387 bits per heavy atom. The van der Waals surface area contributed by atoms with E-state index < -0.39 is 215 Å². The Morgan fingerprint density at radius 2 is 0.686 bits per heavy atom. The first-order valence-corrected chi connectivity index (χ1v) is 46.5. The predicted octanol–water partition coefficient (Wildman–Crippen LogP) is -5.04. The number of piperidine rings is 1. The van der Waals surface area contributed by atoms with E-state index >= 15 is 47.9 Å². The summed E-state index contributed by atoms with van der Waals surface area (Å²) in [5.41, 5.74) is 36.4. The maximum absolute atomic E-state index is 15.5. The van der Waals surface area contributed by atoms with E-state index in [1.165, 1.54) is 38.1 Å². The predicted molar refractivity (Wildman–Crippen MR) is 512 cm³/mol. The van der Waals surface area contributed by atoms with Gasteiger partial charge in [-0.2, -0.15) is 0 Å². The second-order valence-corrected chi connectivity index (χ2v) is 35.2. The van der Waals surface area contributed by atoms with Crippen LogP contribution in [0.5, 0.6) is 5.75 Å². The molecule has 2 aliphatic heterocycles. The number of carbonyl (C=O) groups is 16. The van der Waals surface area contributed by atoms with Crippen LogP contribution in [0.3, 0.4) is 0 Å². The molecule has 0 bridgehead atoms. The Morgan fingerprint density at radius 3 is 1.04 bits per heavy atom. The highest BCUT2D eigenvalue weighted by atomic mass is 32.2. The van der Waals surface area contributed by atoms with E-state index in [9.17, 15) is 33.9 Å². The lowest BCUT2D eigenvalue weighted by molar-refractivity contribution is -0.137. The van der Waals surface area contributed by atoms with E-state index in [0.29, 0.717) is 53.7 Å². The van der Waals surface area contributed by atoms with Gasteiger partial charge in [0, 0.05) is 70.6 Å². The van der Waals surface area contributed by atoms with Crippen LogP contribution in [0.1, 0.15) is 113 Å². The van der Waals surface area contributed by atoms with Crippen LogP contribution in [0, 0.1) is 28.1 Å². The first kappa shape index (κ1) is 110. The van der Waals surface area contributed by atoms with Crippen LogP contribution in [-0.2, 0) is 109 Å². The third kappa shape index (κ3) is 40.7. The molecule has 0 spiro atoms. The van der Waals surface area contributed by atoms with E-state index in [4.69, 9.17) is 50.6 Å². The molecule has 0 aliphatic carbocycles. The summed E-state index contributed by atoms with van der Waals surface area (Å²) in [5, 5.41) is 79.8. The van der Waals surface area contributed by atoms with E-state index in [1.54, 1.807) is 121 Å². The summed E-state index contributed by atoms with van der Waals surface area (Å²) in [5.74, 6) is -18.5. The zero-order chi connectivity index (χ0) is 100. The maximum atomic E-state index is 15.5. The minimum absolute atomic E-state index is 0.0136. The fourth-order valence-electron chi connectivity index (χ4n) is 15.1. The van der Waals surface area contributed by atoms with Gasteiger partial charge in [0.15, 0.2) is 17.9 Å². The van der Waals surface area contributed by atoms with Gasteiger partial charge in [0.25, 0.3) is 0 Å². The fraction of sp³-hybridized carbons (Fsp3) is 0.467. The number of rotatable bonds is 33. The molecule has 2 saturated heterocycles. The first-order valence-electron chi connectivity index (χ1n) is 45.3. The van der Waals surface area contributed by atoms with Crippen molar-refractivity contribution in [2.75, 3.05) is 63.9 Å². The number of phenols is 1. The summed E-state index contributed by atoms with van der Waals surface area (Å²) in [6.07, 6.45) is -2.54. The Kier molecular flexibility index (Phi) is 45.8. The minimum atomic E-state index is -1.96. The highest BCUT2D eigenvalue weighted by Gasteiger charge is 2.40. The van der Waals surface area contributed by atoms with Crippen LogP contribution >= 0.6 is 11.8 Å². The molecule has 137 heavy (non-hydrogen) atoms. The Bertz CT molecular complexity index is 4910. The number of hydrogen-bond acceptors (Lipinski definition) is 23. The molecule has 33 N–H and O–H groups in total. The molecular formula is C92H131N27O17S. The maximum Gasteiger partial charge on any atom is 0.244 e. The molecule has 5 aromatic carbocycles. The van der Waals surface area contributed by atoms with Crippen molar-refractivity contribution in [2.24, 2.45) is 46.2 Å². The average molecular weight is 1920 g/mol. The quantitative estimate of drug-likeness (QED) is 0.0106. The fourth-order valence-corrected chi connectivity index (χ4v) is 16.0. The van der Waals surface area contributed by atoms with Crippen molar-refractivity contribution in [1.29, 1.82) is 16.2 Å². The lowest BCUT2D eigenvalue weighted by atomic mass is 9.98. The number of phenolic OH excluding ortho intramolecular Hbond substituents is 1. The van der Waals surface area contributed by atoms with E-state index in [-0.39, 0.29) is 127 Å². The van der Waals surface area contributed by atoms with Gasteiger partial charge < -0.3 is 135 Å². The van der Waals surface area contributed by atoms with Crippen molar-refractivity contribution in [3.05, 3.63) is 173 Å². The molecule has 13 atom stereocenters. The summed E-state index contributed by atoms with van der Waals surface area (Å²) in [6, 6.07) is 18.1. The van der Waals surface area contributed by atoms with Crippen molar-refractivity contribution >= 4 is 124 Å². The third-order valence-electron chi connectivity index (χ3n) is 22.4. The molecule has 2 aliphatic rings. The van der Waals surface area contributed by atoms with E-state index in [1.807, 2.05) is 4.90 Å². The van der Waals surface area contributed by atoms with Gasteiger partial charge in [0.05, 0.1) is 31.2 Å². The number of nitrogens with one attached hydrogen (secondary N) is 20. The highest BCUT2D eigenvalue weighted by Crippen LogP contribution is 2.20. The number of amides is 16. The number of nitrogens with zero attached hydrogens (tertiary/aromatic N) is 1. The Balaban J connectivity index is 1.36. The number of carbonyl (C=O) groups excluding carboxylic acids is 16. The molecule has 2 fully saturated rings. The van der Waals surface area contributed by atoms with Crippen LogP contribution in [0.2, 0.25) is 0 Å². The average Bonchev–Trinajstić information content (AvgIpc) is 0.841. The highest BCUT2D eigenvalue weighted by molar-refractivity contribution is 8.00. The Hall–Kier alpha value is -14.5. The normalized spacial score (nSPS) is 22.7. The van der Waals surface area contributed by atoms with Crippen LogP contribution in [0.15, 0.2) is 146 Å². The van der Waals surface area contributed by atoms with Gasteiger partial charge in [-0.05, 0) is 116 Å². The third-order valence-corrected chi connectivity index (χ3v) is 23.5. The molecule has 0 aromatic heterocycles. The van der Waals surface area contributed by atoms with Crippen molar-refractivity contribution in [3.63, 3.8) is 0 Å². The summed E-state index contributed by atoms with van der Waals surface area (Å²) >= 11 is 0.963. The molecule has 45 heteroatoms. The smallest absolute Gasteiger partial charge is 0.244 e. The summed E-state index contributed by atoms with van der Waals surface area (Å²) in [7, 11) is 0. The summed E-state index contributed by atoms with van der Waals surface area (Å²) < 4.78 is 0. The zero-order valence-corrected chi connectivity index (χ0v) is 77.8. The largest absolute Gasteiger partial charge is 0.508 e. The molecule has 0 saturated carbocycles. The SMILES string of the molecule is CC1CCN(C[C@@H]2NC(=O)[C@H](CCCNC(=N)N)NC(=O)[C@H](Cc3ccccc3)NC(=O)[C@H](CC(N)=O)NC(=O)[C@H](CCCNC(=N)N)NC(=O)[C@H](Cc3ccccc3)NC(=O)[C@H](CC(N)=O)NC(=O)[C@H](C(C)C)NC(=O)[C@H](Cc3ccccc3)NC(=O)[C@H](Cc3ccc(O)cc3)NC(=O)CSC[C@@H](CNCC(N)=O)NC(=O)[C@H](CCCNC(=N)N)NC(=O)[C@H](Cc3ccccc3)NC2=O)CC1. The number of likely N-dealkylation sites (tertiary alicyclic amines) is 1. The standard InChI is InChI=1S/C92H131N27O17S/c1-53(2)77-89(136)116-71(47-74(94)122)86(133)112-67(42-56-21-10-5-11-22-56)82(129)109-63(28-17-37-104-91(98)99)79(126)115-70(46-73(93)121)85(132)111-66(41-55-19-8-4-9-20-55)83(130)110-64(29-18-38-105-92(100)101)80(127)117-72(50-119-39-34-54(3)35-40-119)88(135)114-68(43-57-23-12-6-13-24-57)84(131)108-62(27-16-36-103-90(96)97)78(125)106-60(48-102-49-75(95)123)51-137-52-76(124)107-65(45-59-30-32-61(120)33-31-59)81(128)113-69(87(134)118-77)44-58-25-14-7-15-26-58/h4-15,19-26,30-33,53-54,60,62-72,77,102,120H,16-18,27-29,34-52H2,1-3H3,(H2,93,121)(H2,94,122)(H2,95,123)(H,106,125)(H,107,124)(H,108,131)(H,109,129)(H,110,130)(H,111,132)(H,112,133)(H,113,128)(H,114,135)(H,115,126)(H,116,136)(H,117,127)(H,118,134)(H4,96,97,103)(H4,98,99,104)(H4,100,101,105)/t60-,62+,63+,64+,65+,66+,67+,68+,69+,70+,71+,72+,77+/m1/s1. The summed E-state index contributed by atoms with van der Waals surface area (Å²) in [6.45, 7) is 5.23. The number of thioether (sulfide) groups is 1. The van der Waals surface area contributed by atoms with Gasteiger partial charge >= 0.3 is 0 Å². The number of nitrogens with two attached hydrogens (primary N) is 6. The minimum Gasteiger partial charge on any atom is -0.508 e. The topological polar surface area (TPSA) is 729 Å². The number of guanidine groups is 3. The van der Waals surface area contributed by atoms with Gasteiger partial charge in [-0.1, -0.05) is 154 Å². The van der Waals surface area contributed by atoms with E-state index in [2.05, 4.69) is 97.3 Å². The first-order chi connectivity index (χ1) is 65.3. The van der Waals surface area contributed by atoms with Crippen molar-refractivity contribution in [2.45, 2.75) is 196 Å². The molecule has 0 radical (unpaired) electrons. The van der Waals surface area contributed by atoms with Gasteiger partial charge in [0.2, 0.25) is 94.5 Å². The molecule has 5 aromatic rings. The molecule has 16 amide bonds. The summed E-state index contributed by atoms with van der Waals surface area (Å²) in [4.78, 5) is 237. The van der Waals surface area contributed by atoms with Gasteiger partial charge in [-0.25, -0.2) is 0 Å². The Labute approximate surface area is 798 Å². The number of benzene rings is 5. The van der Waals surface area contributed by atoms with Gasteiger partial charge in [-0.3, -0.25) is 92.9 Å². The van der Waals surface area contributed by atoms with Crippen LogP contribution < -0.4 is 125 Å². The number of hydrogen-bond donors (Lipinski definition) is 27. The number of primary amides is 3. The van der Waals surface area contributed by atoms with Crippen LogP contribution in [0.4, 0.5) is 0 Å². The monoisotopic (exact) mass is 1920 g/mol. The van der Waals surface area contributed by atoms with Gasteiger partial charge in [0.1, 0.15) is 78.3 Å². The molecule has 44 nitrogen and oxygen atoms in total. The van der Waals surface area contributed by atoms with Crippen molar-refractivity contribution in [1.82, 2.24) is 95.3 Å². The lowest BCUT2D eigenvalue weighted by Crippen LogP contribution is -2.62. The van der Waals surface area contributed by atoms with Crippen molar-refractivity contribution < 1.29 is 81.8 Å². The molecule has 0 unspecified atom stereocenters. The van der Waals surface area contributed by atoms with E-state index in [0.717, 1.165) is 11.8 Å². The molecule has 2 heterocycles. The van der Waals surface area contributed by atoms with Crippen molar-refractivity contribution in [3.8, 4) is 5.75 Å². The molecular weight excluding hydrogens is 1790 g/mol. The second-order valence-electron chi connectivity index (χ2n) is 34.2. The van der Waals surface area contributed by atoms with Crippen LogP contribution in [0.25, 0.3) is 0 Å². The second kappa shape index (κ2) is 57.3. The van der Waals surface area contributed by atoms with Gasteiger partial charge in [-0.15, -0.1) is 11.8 Å². The molecule has 742 valence electrons. The lowest BCUT2D eigenvalue weighted by Gasteiger charge is -2.34. The molecule has 7 rings (SSSR count). The van der Waals surface area contributed by atoms with Crippen LogP contribution in [-0.4, -0.2) is 265 Å².